The summed E-state index contributed by atoms with van der Waals surface area (Å²) in [5, 5.41) is 13.5. The third kappa shape index (κ3) is 4.24. The lowest BCUT2D eigenvalue weighted by Crippen LogP contribution is -2.22. The topological polar surface area (TPSA) is 91.9 Å². The van der Waals surface area contributed by atoms with Crippen LogP contribution < -0.4 is 11.1 Å². The summed E-state index contributed by atoms with van der Waals surface area (Å²) in [5.41, 5.74) is 1.81. The number of aryl methyl sites for hydroxylation is 1. The molecule has 1 aromatic rings. The first-order valence-corrected chi connectivity index (χ1v) is 5.98. The SMILES string of the molecule is CC(=NNC(=O)CC(C)C)c1c(O)cc(C)oc1=O. The normalized spacial score (nSPS) is 11.7. The van der Waals surface area contributed by atoms with Gasteiger partial charge in [0.05, 0.1) is 5.71 Å². The Kier molecular flexibility index (Phi) is 4.86. The van der Waals surface area contributed by atoms with E-state index in [1.807, 2.05) is 13.8 Å². The first-order chi connectivity index (χ1) is 8.81. The number of hydrazone groups is 1. The van der Waals surface area contributed by atoms with Crippen LogP contribution in [0.25, 0.3) is 0 Å². The molecule has 0 fully saturated rings. The van der Waals surface area contributed by atoms with Crippen molar-refractivity contribution in [3.8, 4) is 5.75 Å². The van der Waals surface area contributed by atoms with Gasteiger partial charge in [-0.3, -0.25) is 4.79 Å². The molecular formula is C13H18N2O4. The zero-order valence-corrected chi connectivity index (χ0v) is 11.5. The molecule has 0 aliphatic rings. The number of aromatic hydroxyl groups is 1. The summed E-state index contributed by atoms with van der Waals surface area (Å²) in [7, 11) is 0. The summed E-state index contributed by atoms with van der Waals surface area (Å²) in [6, 6.07) is 1.33. The van der Waals surface area contributed by atoms with Crippen LogP contribution in [-0.2, 0) is 4.79 Å². The zero-order chi connectivity index (χ0) is 14.6. The number of hydrogen-bond donors (Lipinski definition) is 2. The Labute approximate surface area is 111 Å². The van der Waals surface area contributed by atoms with Crippen molar-refractivity contribution < 1.29 is 14.3 Å². The standard InChI is InChI=1S/C13H18N2O4/c1-7(2)5-11(17)15-14-9(4)12-10(16)6-8(3)19-13(12)18/h6-7,16H,5H2,1-4H3,(H,15,17). The summed E-state index contributed by atoms with van der Waals surface area (Å²) in [5.74, 6) is 0.0645. The van der Waals surface area contributed by atoms with Crippen molar-refractivity contribution in [2.45, 2.75) is 34.1 Å². The van der Waals surface area contributed by atoms with Gasteiger partial charge in [0.2, 0.25) is 5.91 Å². The van der Waals surface area contributed by atoms with Crippen molar-refractivity contribution in [3.63, 3.8) is 0 Å². The summed E-state index contributed by atoms with van der Waals surface area (Å²) in [6.45, 7) is 6.89. The Morgan fingerprint density at radius 3 is 2.68 bits per heavy atom. The molecule has 0 aromatic carbocycles. The van der Waals surface area contributed by atoms with Gasteiger partial charge in [-0.2, -0.15) is 5.10 Å². The van der Waals surface area contributed by atoms with Gasteiger partial charge < -0.3 is 9.52 Å². The fraction of sp³-hybridized carbons (Fsp3) is 0.462. The van der Waals surface area contributed by atoms with Gasteiger partial charge in [-0.05, 0) is 19.8 Å². The smallest absolute Gasteiger partial charge is 0.348 e. The summed E-state index contributed by atoms with van der Waals surface area (Å²) >= 11 is 0. The van der Waals surface area contributed by atoms with Crippen LogP contribution in [0.15, 0.2) is 20.4 Å². The fourth-order valence-corrected chi connectivity index (χ4v) is 1.55. The molecule has 0 aliphatic heterocycles. The molecule has 1 aromatic heterocycles. The Bertz CT molecular complexity index is 558. The Hall–Kier alpha value is -2.11. The lowest BCUT2D eigenvalue weighted by molar-refractivity contribution is -0.121. The predicted molar refractivity (Wildman–Crippen MR) is 71.2 cm³/mol. The second-order valence-electron chi connectivity index (χ2n) is 4.73. The highest BCUT2D eigenvalue weighted by molar-refractivity contribution is 6.01. The molecule has 0 saturated carbocycles. The minimum Gasteiger partial charge on any atom is -0.507 e. The van der Waals surface area contributed by atoms with E-state index in [1.54, 1.807) is 6.92 Å². The number of carbonyl (C=O) groups is 1. The average molecular weight is 266 g/mol. The van der Waals surface area contributed by atoms with Crippen LogP contribution in [0.1, 0.15) is 38.5 Å². The second-order valence-corrected chi connectivity index (χ2v) is 4.73. The minimum absolute atomic E-state index is 0.0459. The number of nitrogens with one attached hydrogen (secondary N) is 1. The van der Waals surface area contributed by atoms with E-state index in [9.17, 15) is 14.7 Å². The van der Waals surface area contributed by atoms with E-state index in [-0.39, 0.29) is 28.8 Å². The molecule has 0 radical (unpaired) electrons. The number of hydrogen-bond acceptors (Lipinski definition) is 5. The third-order valence-corrected chi connectivity index (χ3v) is 2.36. The monoisotopic (exact) mass is 266 g/mol. The molecule has 0 saturated heterocycles. The molecule has 6 nitrogen and oxygen atoms in total. The van der Waals surface area contributed by atoms with Gasteiger partial charge in [0.25, 0.3) is 0 Å². The molecule has 1 rings (SSSR count). The van der Waals surface area contributed by atoms with E-state index in [1.165, 1.54) is 13.0 Å². The molecule has 0 atom stereocenters. The second kappa shape index (κ2) is 6.17. The fourth-order valence-electron chi connectivity index (χ4n) is 1.55. The summed E-state index contributed by atoms with van der Waals surface area (Å²) < 4.78 is 4.87. The van der Waals surface area contributed by atoms with Crippen molar-refractivity contribution in [2.24, 2.45) is 11.0 Å². The van der Waals surface area contributed by atoms with Crippen molar-refractivity contribution in [3.05, 3.63) is 27.8 Å². The third-order valence-electron chi connectivity index (χ3n) is 2.36. The Balaban J connectivity index is 2.92. The van der Waals surface area contributed by atoms with Crippen LogP contribution in [0, 0.1) is 12.8 Å². The van der Waals surface area contributed by atoms with Crippen LogP contribution >= 0.6 is 0 Å². The largest absolute Gasteiger partial charge is 0.507 e. The first kappa shape index (κ1) is 14.9. The van der Waals surface area contributed by atoms with E-state index >= 15 is 0 Å². The quantitative estimate of drug-likeness (QED) is 0.638. The zero-order valence-electron chi connectivity index (χ0n) is 11.5. The first-order valence-electron chi connectivity index (χ1n) is 5.98. The van der Waals surface area contributed by atoms with Gasteiger partial charge in [-0.1, -0.05) is 13.8 Å². The average Bonchev–Trinajstić information content (AvgIpc) is 2.23. The highest BCUT2D eigenvalue weighted by atomic mass is 16.4. The molecule has 1 amide bonds. The van der Waals surface area contributed by atoms with E-state index in [0.717, 1.165) is 0 Å². The maximum Gasteiger partial charge on any atom is 0.348 e. The van der Waals surface area contributed by atoms with Crippen LogP contribution in [0.4, 0.5) is 0 Å². The number of carbonyl (C=O) groups excluding carboxylic acids is 1. The van der Waals surface area contributed by atoms with Crippen molar-refractivity contribution in [2.75, 3.05) is 0 Å². The number of amides is 1. The van der Waals surface area contributed by atoms with Crippen molar-refractivity contribution >= 4 is 11.6 Å². The highest BCUT2D eigenvalue weighted by Crippen LogP contribution is 2.15. The van der Waals surface area contributed by atoms with Gasteiger partial charge >= 0.3 is 5.63 Å². The van der Waals surface area contributed by atoms with E-state index < -0.39 is 5.63 Å². The van der Waals surface area contributed by atoms with E-state index in [0.29, 0.717) is 12.2 Å². The van der Waals surface area contributed by atoms with Crippen molar-refractivity contribution in [1.29, 1.82) is 0 Å². The summed E-state index contributed by atoms with van der Waals surface area (Å²) in [6.07, 6.45) is 0.339. The molecule has 0 aliphatic carbocycles. The van der Waals surface area contributed by atoms with Gasteiger partial charge in [0, 0.05) is 12.5 Å². The molecule has 19 heavy (non-hydrogen) atoms. The lowest BCUT2D eigenvalue weighted by atomic mass is 10.1. The van der Waals surface area contributed by atoms with Crippen molar-refractivity contribution in [1.82, 2.24) is 5.43 Å². The minimum atomic E-state index is -0.683. The molecule has 0 bridgehead atoms. The summed E-state index contributed by atoms with van der Waals surface area (Å²) in [4.78, 5) is 23.0. The van der Waals surface area contributed by atoms with Gasteiger partial charge in [-0.25, -0.2) is 10.2 Å². The molecule has 0 unspecified atom stereocenters. The van der Waals surface area contributed by atoms with Crippen LogP contribution in [0.2, 0.25) is 0 Å². The lowest BCUT2D eigenvalue weighted by Gasteiger charge is -2.05. The molecule has 104 valence electrons. The molecule has 1 heterocycles. The van der Waals surface area contributed by atoms with E-state index in [4.69, 9.17) is 4.42 Å². The highest BCUT2D eigenvalue weighted by Gasteiger charge is 2.13. The maximum atomic E-state index is 11.6. The van der Waals surface area contributed by atoms with Crippen LogP contribution in [0.5, 0.6) is 5.75 Å². The molecule has 0 spiro atoms. The van der Waals surface area contributed by atoms with E-state index in [2.05, 4.69) is 10.5 Å². The molecule has 2 N–H and O–H groups in total. The number of rotatable bonds is 4. The molecule has 6 heteroatoms. The van der Waals surface area contributed by atoms with Crippen LogP contribution in [-0.4, -0.2) is 16.7 Å². The van der Waals surface area contributed by atoms with Gasteiger partial charge in [0.15, 0.2) is 0 Å². The predicted octanol–water partition coefficient (Wildman–Crippen LogP) is 1.54. The Morgan fingerprint density at radius 1 is 1.53 bits per heavy atom. The molecular weight excluding hydrogens is 248 g/mol. The van der Waals surface area contributed by atoms with Gasteiger partial charge in [0.1, 0.15) is 17.1 Å². The number of nitrogens with zero attached hydrogens (tertiary/aromatic N) is 1. The Morgan fingerprint density at radius 2 is 2.16 bits per heavy atom. The van der Waals surface area contributed by atoms with Gasteiger partial charge in [-0.15, -0.1) is 0 Å². The maximum absolute atomic E-state index is 11.6. The van der Waals surface area contributed by atoms with Crippen LogP contribution in [0.3, 0.4) is 0 Å².